The van der Waals surface area contributed by atoms with E-state index in [1.54, 1.807) is 0 Å². The molecule has 1 fully saturated rings. The van der Waals surface area contributed by atoms with E-state index in [4.69, 9.17) is 5.73 Å². The predicted octanol–water partition coefficient (Wildman–Crippen LogP) is 2.28. The third-order valence-electron chi connectivity index (χ3n) is 4.38. The fourth-order valence-corrected chi connectivity index (χ4v) is 3.16. The van der Waals surface area contributed by atoms with Crippen LogP contribution in [0.1, 0.15) is 51.8 Å². The van der Waals surface area contributed by atoms with Crippen molar-refractivity contribution in [2.45, 2.75) is 58.5 Å². The summed E-state index contributed by atoms with van der Waals surface area (Å²) in [5.74, 6) is 0.697. The summed E-state index contributed by atoms with van der Waals surface area (Å²) in [6.07, 6.45) is 4.63. The molecule has 1 aromatic heterocycles. The van der Waals surface area contributed by atoms with Crippen LogP contribution in [-0.2, 0) is 19.0 Å². The Morgan fingerprint density at radius 1 is 1.35 bits per heavy atom. The van der Waals surface area contributed by atoms with Crippen LogP contribution >= 0.6 is 0 Å². The van der Waals surface area contributed by atoms with E-state index in [1.807, 2.05) is 11.7 Å². The monoisotopic (exact) mass is 278 g/mol. The summed E-state index contributed by atoms with van der Waals surface area (Å²) < 4.78 is 1.95. The Kier molecular flexibility index (Phi) is 4.55. The summed E-state index contributed by atoms with van der Waals surface area (Å²) in [5.41, 5.74) is 8.73. The predicted molar refractivity (Wildman–Crippen MR) is 83.6 cm³/mol. The fourth-order valence-electron chi connectivity index (χ4n) is 3.16. The minimum Gasteiger partial charge on any atom is -0.328 e. The van der Waals surface area contributed by atoms with E-state index in [9.17, 15) is 0 Å². The number of aryl methyl sites for hydroxylation is 1. The standard InChI is InChI=1S/C16H30N4/c1-12(17)13-6-8-20(9-7-13)11-14-10-19(5)18-15(14)16(2,3)4/h10,12-13H,6-9,11,17H2,1-5H3. The second-order valence-corrected chi connectivity index (χ2v) is 7.40. The molecule has 1 saturated heterocycles. The smallest absolute Gasteiger partial charge is 0.0722 e. The van der Waals surface area contributed by atoms with Crippen LogP contribution in [0.2, 0.25) is 0 Å². The van der Waals surface area contributed by atoms with Crippen molar-refractivity contribution in [1.29, 1.82) is 0 Å². The number of nitrogens with two attached hydrogens (primary N) is 1. The van der Waals surface area contributed by atoms with Crippen LogP contribution in [0.4, 0.5) is 0 Å². The van der Waals surface area contributed by atoms with Gasteiger partial charge in [-0.1, -0.05) is 20.8 Å². The zero-order chi connectivity index (χ0) is 14.9. The average Bonchev–Trinajstić information content (AvgIpc) is 2.71. The molecule has 1 unspecified atom stereocenters. The maximum absolute atomic E-state index is 6.02. The van der Waals surface area contributed by atoms with Gasteiger partial charge in [-0.3, -0.25) is 9.58 Å². The van der Waals surface area contributed by atoms with E-state index in [0.29, 0.717) is 12.0 Å². The highest BCUT2D eigenvalue weighted by atomic mass is 15.3. The SMILES string of the molecule is CC(N)C1CCN(Cc2cn(C)nc2C(C)(C)C)CC1. The Morgan fingerprint density at radius 2 is 1.95 bits per heavy atom. The minimum absolute atomic E-state index is 0.112. The van der Waals surface area contributed by atoms with Crippen LogP contribution in [0.15, 0.2) is 6.20 Å². The van der Waals surface area contributed by atoms with Crippen molar-refractivity contribution >= 4 is 0 Å². The molecule has 1 aromatic rings. The summed E-state index contributed by atoms with van der Waals surface area (Å²) in [6, 6.07) is 0.334. The number of hydrogen-bond acceptors (Lipinski definition) is 3. The highest BCUT2D eigenvalue weighted by Gasteiger charge is 2.26. The molecule has 1 aliphatic heterocycles. The molecule has 0 spiro atoms. The van der Waals surface area contributed by atoms with E-state index in [-0.39, 0.29) is 5.41 Å². The van der Waals surface area contributed by atoms with Gasteiger partial charge in [0.2, 0.25) is 0 Å². The van der Waals surface area contributed by atoms with Gasteiger partial charge in [-0.25, -0.2) is 0 Å². The molecule has 2 N–H and O–H groups in total. The van der Waals surface area contributed by atoms with Crippen LogP contribution in [-0.4, -0.2) is 33.8 Å². The zero-order valence-electron chi connectivity index (χ0n) is 13.7. The molecule has 0 radical (unpaired) electrons. The largest absolute Gasteiger partial charge is 0.328 e. The summed E-state index contributed by atoms with van der Waals surface area (Å²) >= 11 is 0. The van der Waals surface area contributed by atoms with Crippen molar-refractivity contribution in [3.63, 3.8) is 0 Å². The first-order valence-corrected chi connectivity index (χ1v) is 7.78. The molecule has 0 aliphatic carbocycles. The minimum atomic E-state index is 0.112. The van der Waals surface area contributed by atoms with Gasteiger partial charge in [-0.15, -0.1) is 0 Å². The van der Waals surface area contributed by atoms with Gasteiger partial charge in [-0.05, 0) is 38.8 Å². The molecule has 0 amide bonds. The molecule has 1 atom stereocenters. The summed E-state index contributed by atoms with van der Waals surface area (Å²) in [5, 5.41) is 4.66. The van der Waals surface area contributed by atoms with E-state index in [0.717, 1.165) is 19.6 Å². The Bertz CT molecular complexity index is 434. The first kappa shape index (κ1) is 15.5. The van der Waals surface area contributed by atoms with Gasteiger partial charge in [0, 0.05) is 36.8 Å². The number of piperidine rings is 1. The van der Waals surface area contributed by atoms with Gasteiger partial charge in [0.1, 0.15) is 0 Å². The number of aromatic nitrogens is 2. The first-order valence-electron chi connectivity index (χ1n) is 7.78. The number of nitrogens with zero attached hydrogens (tertiary/aromatic N) is 3. The second kappa shape index (κ2) is 5.86. The first-order chi connectivity index (χ1) is 9.27. The van der Waals surface area contributed by atoms with Crippen LogP contribution < -0.4 is 5.73 Å². The van der Waals surface area contributed by atoms with E-state index in [1.165, 1.54) is 24.1 Å². The normalized spacial score (nSPS) is 20.3. The third kappa shape index (κ3) is 3.61. The van der Waals surface area contributed by atoms with E-state index in [2.05, 4.69) is 43.9 Å². The van der Waals surface area contributed by atoms with Gasteiger partial charge in [0.15, 0.2) is 0 Å². The summed E-state index contributed by atoms with van der Waals surface area (Å²) in [4.78, 5) is 2.55. The van der Waals surface area contributed by atoms with Crippen LogP contribution in [0, 0.1) is 5.92 Å². The van der Waals surface area contributed by atoms with Crippen LogP contribution in [0.5, 0.6) is 0 Å². The molecule has 1 aliphatic rings. The highest BCUT2D eigenvalue weighted by Crippen LogP contribution is 2.27. The quantitative estimate of drug-likeness (QED) is 0.922. The lowest BCUT2D eigenvalue weighted by Gasteiger charge is -2.34. The highest BCUT2D eigenvalue weighted by molar-refractivity contribution is 5.24. The number of hydrogen-bond donors (Lipinski definition) is 1. The third-order valence-corrected chi connectivity index (χ3v) is 4.38. The van der Waals surface area contributed by atoms with Crippen molar-refractivity contribution in [3.8, 4) is 0 Å². The van der Waals surface area contributed by atoms with Crippen molar-refractivity contribution in [2.75, 3.05) is 13.1 Å². The van der Waals surface area contributed by atoms with Crippen molar-refractivity contribution in [1.82, 2.24) is 14.7 Å². The van der Waals surface area contributed by atoms with Gasteiger partial charge in [0.25, 0.3) is 0 Å². The molecular formula is C16H30N4. The number of likely N-dealkylation sites (tertiary alicyclic amines) is 1. The Labute approximate surface area is 123 Å². The van der Waals surface area contributed by atoms with Crippen molar-refractivity contribution < 1.29 is 0 Å². The second-order valence-electron chi connectivity index (χ2n) is 7.40. The molecule has 0 bridgehead atoms. The lowest BCUT2D eigenvalue weighted by Crippen LogP contribution is -2.39. The molecule has 4 nitrogen and oxygen atoms in total. The Morgan fingerprint density at radius 3 is 2.45 bits per heavy atom. The number of rotatable bonds is 3. The topological polar surface area (TPSA) is 47.1 Å². The molecule has 2 heterocycles. The maximum atomic E-state index is 6.02. The Balaban J connectivity index is 2.01. The zero-order valence-corrected chi connectivity index (χ0v) is 13.7. The Hall–Kier alpha value is -0.870. The molecule has 114 valence electrons. The van der Waals surface area contributed by atoms with E-state index >= 15 is 0 Å². The van der Waals surface area contributed by atoms with Gasteiger partial charge >= 0.3 is 0 Å². The van der Waals surface area contributed by atoms with Crippen LogP contribution in [0.25, 0.3) is 0 Å². The van der Waals surface area contributed by atoms with Gasteiger partial charge < -0.3 is 5.73 Å². The van der Waals surface area contributed by atoms with Gasteiger partial charge in [-0.2, -0.15) is 5.10 Å². The van der Waals surface area contributed by atoms with E-state index < -0.39 is 0 Å². The molecule has 0 saturated carbocycles. The van der Waals surface area contributed by atoms with Gasteiger partial charge in [0.05, 0.1) is 5.69 Å². The fraction of sp³-hybridized carbons (Fsp3) is 0.812. The maximum Gasteiger partial charge on any atom is 0.0722 e. The molecule has 2 rings (SSSR count). The molecule has 4 heteroatoms. The van der Waals surface area contributed by atoms with Crippen LogP contribution in [0.3, 0.4) is 0 Å². The average molecular weight is 278 g/mol. The summed E-state index contributed by atoms with van der Waals surface area (Å²) in [7, 11) is 2.01. The molecular weight excluding hydrogens is 248 g/mol. The lowest BCUT2D eigenvalue weighted by molar-refractivity contribution is 0.165. The van der Waals surface area contributed by atoms with Crippen molar-refractivity contribution in [2.24, 2.45) is 18.7 Å². The van der Waals surface area contributed by atoms with Crippen molar-refractivity contribution in [3.05, 3.63) is 17.5 Å². The lowest BCUT2D eigenvalue weighted by atomic mass is 9.88. The molecule has 0 aromatic carbocycles. The molecule has 20 heavy (non-hydrogen) atoms. The summed E-state index contributed by atoms with van der Waals surface area (Å²) in [6.45, 7) is 12.2.